The minimum absolute atomic E-state index is 0. The Morgan fingerprint density at radius 1 is 1.17 bits per heavy atom. The van der Waals surface area contributed by atoms with E-state index in [4.69, 9.17) is 14.2 Å². The molecule has 0 spiro atoms. The Hall–Kier alpha value is -2.69. The van der Waals surface area contributed by atoms with Crippen molar-refractivity contribution in [3.05, 3.63) is 40.8 Å². The Bertz CT molecular complexity index is 943. The summed E-state index contributed by atoms with van der Waals surface area (Å²) in [6.45, 7) is 3.15. The minimum Gasteiger partial charge on any atom is -0.493 e. The number of halogens is 1. The zero-order valence-electron chi connectivity index (χ0n) is 17.2. The summed E-state index contributed by atoms with van der Waals surface area (Å²) in [6, 6.07) is 11.8. The smallest absolute Gasteiger partial charge is 0.302 e. The van der Waals surface area contributed by atoms with Gasteiger partial charge in [-0.1, -0.05) is 0 Å². The maximum absolute atomic E-state index is 11.1. The number of piperidine rings is 1. The second-order valence-corrected chi connectivity index (χ2v) is 7.81. The fraction of sp³-hybridized carbons (Fsp3) is 0.364. The predicted octanol–water partition coefficient (Wildman–Crippen LogP) is 4.78. The maximum Gasteiger partial charge on any atom is 0.302 e. The summed E-state index contributed by atoms with van der Waals surface area (Å²) in [5, 5.41) is 10.8. The molecule has 0 saturated carbocycles. The first-order valence-electron chi connectivity index (χ1n) is 9.40. The number of carbonyl (C=O) groups is 1. The van der Waals surface area contributed by atoms with Gasteiger partial charge in [0.15, 0.2) is 11.5 Å². The minimum atomic E-state index is -0.216. The molecule has 0 radical (unpaired) electrons. The summed E-state index contributed by atoms with van der Waals surface area (Å²) in [4.78, 5) is 14.4. The highest BCUT2D eigenvalue weighted by Crippen LogP contribution is 2.34. The van der Waals surface area contributed by atoms with E-state index in [-0.39, 0.29) is 24.5 Å². The van der Waals surface area contributed by atoms with Gasteiger partial charge in [0.1, 0.15) is 6.10 Å². The molecule has 2 aromatic rings. The summed E-state index contributed by atoms with van der Waals surface area (Å²) in [6.07, 6.45) is 3.56. The molecule has 3 rings (SSSR count). The van der Waals surface area contributed by atoms with Gasteiger partial charge in [0.05, 0.1) is 30.9 Å². The van der Waals surface area contributed by atoms with Crippen LogP contribution in [0.1, 0.15) is 30.2 Å². The number of allylic oxidation sites excluding steroid dienone is 1. The lowest BCUT2D eigenvalue weighted by Gasteiger charge is -2.32. The van der Waals surface area contributed by atoms with Gasteiger partial charge in [-0.25, -0.2) is 0 Å². The predicted molar refractivity (Wildman–Crippen MR) is 122 cm³/mol. The Morgan fingerprint density at radius 3 is 2.47 bits per heavy atom. The van der Waals surface area contributed by atoms with E-state index in [1.165, 1.54) is 6.92 Å². The molecule has 6 nitrogen and oxygen atoms in total. The maximum atomic E-state index is 11.1. The number of esters is 1. The van der Waals surface area contributed by atoms with Gasteiger partial charge in [0.25, 0.3) is 0 Å². The molecule has 8 heteroatoms. The molecule has 1 aromatic carbocycles. The van der Waals surface area contributed by atoms with Crippen LogP contribution >= 0.6 is 23.7 Å². The molecule has 0 bridgehead atoms. The lowest BCUT2D eigenvalue weighted by atomic mass is 10.1. The summed E-state index contributed by atoms with van der Waals surface area (Å²) in [5.74, 6) is 1.00. The lowest BCUT2D eigenvalue weighted by Crippen LogP contribution is -2.37. The zero-order chi connectivity index (χ0) is 20.8. The van der Waals surface area contributed by atoms with E-state index < -0.39 is 0 Å². The first-order valence-corrected chi connectivity index (χ1v) is 10.2. The molecule has 1 aromatic heterocycles. The molecule has 0 amide bonds. The van der Waals surface area contributed by atoms with E-state index in [9.17, 15) is 10.1 Å². The van der Waals surface area contributed by atoms with Crippen molar-refractivity contribution in [3.8, 4) is 17.6 Å². The number of benzene rings is 1. The summed E-state index contributed by atoms with van der Waals surface area (Å²) >= 11 is 1.65. The van der Waals surface area contributed by atoms with Gasteiger partial charge in [0, 0.05) is 37.7 Å². The molecule has 1 saturated heterocycles. The second-order valence-electron chi connectivity index (χ2n) is 6.71. The molecule has 1 aliphatic heterocycles. The van der Waals surface area contributed by atoms with E-state index >= 15 is 0 Å². The highest BCUT2D eigenvalue weighted by molar-refractivity contribution is 7.17. The Labute approximate surface area is 187 Å². The molecular weight excluding hydrogens is 424 g/mol. The third kappa shape index (κ3) is 5.68. The third-order valence-corrected chi connectivity index (χ3v) is 5.89. The molecule has 30 heavy (non-hydrogen) atoms. The van der Waals surface area contributed by atoms with Crippen molar-refractivity contribution in [2.75, 3.05) is 32.2 Å². The summed E-state index contributed by atoms with van der Waals surface area (Å²) in [7, 11) is 3.16. The Balaban J connectivity index is 0.00000320. The molecule has 0 unspecified atom stereocenters. The van der Waals surface area contributed by atoms with Gasteiger partial charge in [-0.15, -0.1) is 23.7 Å². The van der Waals surface area contributed by atoms with Crippen molar-refractivity contribution >= 4 is 46.4 Å². The topological polar surface area (TPSA) is 71.8 Å². The highest BCUT2D eigenvalue weighted by Gasteiger charge is 2.22. The van der Waals surface area contributed by atoms with Crippen molar-refractivity contribution in [1.29, 1.82) is 5.26 Å². The van der Waals surface area contributed by atoms with E-state index in [0.29, 0.717) is 17.1 Å². The van der Waals surface area contributed by atoms with Crippen LogP contribution in [-0.2, 0) is 9.53 Å². The quantitative estimate of drug-likeness (QED) is 0.467. The van der Waals surface area contributed by atoms with Crippen LogP contribution in [0.15, 0.2) is 30.3 Å². The standard InChI is InChI=1S/C22H24N2O4S.ClH/c1-15(25)28-18-8-10-24(11-9-18)22-7-5-19(29-22)12-17(14-23)16-4-6-20(26-2)21(13-16)27-3;/h4-7,12-13,18H,8-11H2,1-3H3;1H/b17-12+;. The Morgan fingerprint density at radius 2 is 1.87 bits per heavy atom. The summed E-state index contributed by atoms with van der Waals surface area (Å²) < 4.78 is 15.9. The number of anilines is 1. The van der Waals surface area contributed by atoms with Crippen molar-refractivity contribution in [2.45, 2.75) is 25.9 Å². The number of methoxy groups -OCH3 is 2. The van der Waals surface area contributed by atoms with Crippen LogP contribution in [0.5, 0.6) is 11.5 Å². The number of hydrogen-bond donors (Lipinski definition) is 0. The van der Waals surface area contributed by atoms with Gasteiger partial charge in [0.2, 0.25) is 0 Å². The number of nitrogens with zero attached hydrogens (tertiary/aromatic N) is 2. The summed E-state index contributed by atoms with van der Waals surface area (Å²) in [5.41, 5.74) is 1.34. The van der Waals surface area contributed by atoms with Crippen LogP contribution in [-0.4, -0.2) is 39.4 Å². The second kappa shape index (κ2) is 10.9. The van der Waals surface area contributed by atoms with Crippen molar-refractivity contribution in [3.63, 3.8) is 0 Å². The fourth-order valence-electron chi connectivity index (χ4n) is 3.34. The van der Waals surface area contributed by atoms with Gasteiger partial charge >= 0.3 is 5.97 Å². The zero-order valence-corrected chi connectivity index (χ0v) is 18.8. The molecular formula is C22H25ClN2O4S. The van der Waals surface area contributed by atoms with E-state index in [2.05, 4.69) is 17.0 Å². The van der Waals surface area contributed by atoms with Gasteiger partial charge in [-0.2, -0.15) is 5.26 Å². The molecule has 0 atom stereocenters. The largest absolute Gasteiger partial charge is 0.493 e. The highest BCUT2D eigenvalue weighted by atomic mass is 35.5. The molecule has 1 fully saturated rings. The molecule has 0 N–H and O–H groups in total. The van der Waals surface area contributed by atoms with Crippen LogP contribution < -0.4 is 14.4 Å². The molecule has 0 aliphatic carbocycles. The molecule has 2 heterocycles. The van der Waals surface area contributed by atoms with Gasteiger partial charge < -0.3 is 19.1 Å². The first kappa shape index (κ1) is 23.6. The van der Waals surface area contributed by atoms with E-state index in [1.807, 2.05) is 24.3 Å². The lowest BCUT2D eigenvalue weighted by molar-refractivity contribution is -0.147. The van der Waals surface area contributed by atoms with E-state index in [1.54, 1.807) is 31.6 Å². The van der Waals surface area contributed by atoms with Crippen molar-refractivity contribution < 1.29 is 19.0 Å². The van der Waals surface area contributed by atoms with Crippen molar-refractivity contribution in [2.24, 2.45) is 0 Å². The number of ether oxygens (including phenoxy) is 3. The van der Waals surface area contributed by atoms with Crippen LogP contribution in [0, 0.1) is 11.3 Å². The Kier molecular flexibility index (Phi) is 8.58. The number of carbonyl (C=O) groups excluding carboxylic acids is 1. The third-order valence-electron chi connectivity index (χ3n) is 4.80. The average molecular weight is 449 g/mol. The normalized spacial score (nSPS) is 14.5. The van der Waals surface area contributed by atoms with Gasteiger partial charge in [-0.3, -0.25) is 4.79 Å². The molecule has 160 valence electrons. The fourth-order valence-corrected chi connectivity index (χ4v) is 4.35. The van der Waals surface area contributed by atoms with Gasteiger partial charge in [-0.05, 0) is 42.0 Å². The van der Waals surface area contributed by atoms with Crippen LogP contribution in [0.3, 0.4) is 0 Å². The number of nitriles is 1. The van der Waals surface area contributed by atoms with E-state index in [0.717, 1.165) is 41.4 Å². The van der Waals surface area contributed by atoms with Crippen LogP contribution in [0.2, 0.25) is 0 Å². The number of rotatable bonds is 6. The monoisotopic (exact) mass is 448 g/mol. The molecule has 1 aliphatic rings. The van der Waals surface area contributed by atoms with Crippen LogP contribution in [0.25, 0.3) is 11.6 Å². The number of hydrogen-bond acceptors (Lipinski definition) is 7. The van der Waals surface area contributed by atoms with Crippen LogP contribution in [0.4, 0.5) is 5.00 Å². The number of thiophene rings is 1. The van der Waals surface area contributed by atoms with Crippen molar-refractivity contribution in [1.82, 2.24) is 0 Å². The SMILES string of the molecule is COc1ccc(/C(C#N)=C/c2ccc(N3CCC(OC(C)=O)CC3)s2)cc1OC.Cl. The first-order chi connectivity index (χ1) is 14.0. The average Bonchev–Trinajstić information content (AvgIpc) is 3.20.